The van der Waals surface area contributed by atoms with Crippen LogP contribution in [0.4, 0.5) is 5.82 Å². The predicted molar refractivity (Wildman–Crippen MR) is 66.6 cm³/mol. The van der Waals surface area contributed by atoms with Crippen molar-refractivity contribution in [3.05, 3.63) is 11.8 Å². The monoisotopic (exact) mass is 231 g/mol. The fourth-order valence-electron chi connectivity index (χ4n) is 2.05. The minimum atomic E-state index is 0.0277. The lowest BCUT2D eigenvalue weighted by Gasteiger charge is -2.15. The Balaban J connectivity index is 2.29. The maximum Gasteiger partial charge on any atom is 0.229 e. The number of aromatic nitrogens is 2. The Labute approximate surface area is 102 Å². The van der Waals surface area contributed by atoms with Crippen molar-refractivity contribution in [2.75, 3.05) is 11.4 Å². The van der Waals surface area contributed by atoms with Crippen LogP contribution in [-0.2, 0) is 11.8 Å². The van der Waals surface area contributed by atoms with Gasteiger partial charge in [-0.05, 0) is 5.92 Å². The lowest BCUT2D eigenvalue weighted by molar-refractivity contribution is -0.117. The van der Waals surface area contributed by atoms with E-state index in [1.807, 2.05) is 13.1 Å². The highest BCUT2D eigenvalue weighted by Gasteiger charge is 2.31. The zero-order valence-electron chi connectivity index (χ0n) is 10.5. The highest BCUT2D eigenvalue weighted by atomic mass is 16.2. The van der Waals surface area contributed by atoms with E-state index in [9.17, 15) is 4.79 Å². The Morgan fingerprint density at radius 3 is 2.76 bits per heavy atom. The van der Waals surface area contributed by atoms with E-state index in [-0.39, 0.29) is 11.8 Å². The van der Waals surface area contributed by atoms with Crippen LogP contribution in [0.25, 0.3) is 0 Å². The van der Waals surface area contributed by atoms with Gasteiger partial charge in [0, 0.05) is 32.0 Å². The van der Waals surface area contributed by atoms with Crippen molar-refractivity contribution in [3.63, 3.8) is 0 Å². The van der Waals surface area contributed by atoms with Crippen LogP contribution in [0.3, 0.4) is 0 Å². The van der Waals surface area contributed by atoms with Gasteiger partial charge in [-0.3, -0.25) is 14.4 Å². The average Bonchev–Trinajstić information content (AvgIpc) is 2.81. The predicted octanol–water partition coefficient (Wildman–Crippen LogP) is 1.53. The van der Waals surface area contributed by atoms with Crippen LogP contribution in [-0.4, -0.2) is 22.2 Å². The van der Waals surface area contributed by atoms with E-state index >= 15 is 0 Å². The first-order valence-corrected chi connectivity index (χ1v) is 5.83. The van der Waals surface area contributed by atoms with E-state index in [1.165, 1.54) is 0 Å². The SMILES string of the molecule is C#CC1CC(=O)N(c2cc(C(C)C)nn2C)C1. The maximum atomic E-state index is 11.9. The van der Waals surface area contributed by atoms with Gasteiger partial charge in [-0.25, -0.2) is 0 Å². The number of carbonyl (C=O) groups excluding carboxylic acids is 1. The second kappa shape index (κ2) is 4.25. The topological polar surface area (TPSA) is 38.1 Å². The number of hydrogen-bond donors (Lipinski definition) is 0. The molecule has 1 aromatic heterocycles. The number of aryl methyl sites for hydroxylation is 1. The van der Waals surface area contributed by atoms with Crippen molar-refractivity contribution < 1.29 is 4.79 Å². The molecular formula is C13H17N3O. The van der Waals surface area contributed by atoms with Crippen molar-refractivity contribution in [1.82, 2.24) is 9.78 Å². The zero-order chi connectivity index (χ0) is 12.6. The molecule has 1 aliphatic rings. The summed E-state index contributed by atoms with van der Waals surface area (Å²) in [6.07, 6.45) is 5.82. The molecule has 0 radical (unpaired) electrons. The summed E-state index contributed by atoms with van der Waals surface area (Å²) in [5.41, 5.74) is 0.999. The molecule has 0 spiro atoms. The molecule has 1 aromatic rings. The molecule has 90 valence electrons. The minimum Gasteiger partial charge on any atom is -0.296 e. The molecule has 1 atom stereocenters. The van der Waals surface area contributed by atoms with E-state index in [1.54, 1.807) is 9.58 Å². The summed E-state index contributed by atoms with van der Waals surface area (Å²) in [5.74, 6) is 3.97. The van der Waals surface area contributed by atoms with Crippen molar-refractivity contribution in [2.24, 2.45) is 13.0 Å². The van der Waals surface area contributed by atoms with E-state index in [0.717, 1.165) is 11.5 Å². The third-order valence-electron chi connectivity index (χ3n) is 3.10. The highest BCUT2D eigenvalue weighted by Crippen LogP contribution is 2.26. The molecule has 0 N–H and O–H groups in total. The zero-order valence-corrected chi connectivity index (χ0v) is 10.5. The summed E-state index contributed by atoms with van der Waals surface area (Å²) in [5, 5.41) is 4.41. The maximum absolute atomic E-state index is 11.9. The Hall–Kier alpha value is -1.76. The van der Waals surface area contributed by atoms with Gasteiger partial charge < -0.3 is 0 Å². The quantitative estimate of drug-likeness (QED) is 0.724. The first-order valence-electron chi connectivity index (χ1n) is 5.83. The van der Waals surface area contributed by atoms with E-state index < -0.39 is 0 Å². The van der Waals surface area contributed by atoms with Gasteiger partial charge in [0.25, 0.3) is 0 Å². The molecule has 1 unspecified atom stereocenters. The summed E-state index contributed by atoms with van der Waals surface area (Å²) in [7, 11) is 1.86. The van der Waals surface area contributed by atoms with Crippen molar-refractivity contribution in [3.8, 4) is 12.3 Å². The number of carbonyl (C=O) groups is 1. The summed E-state index contributed by atoms with van der Waals surface area (Å²) in [4.78, 5) is 13.6. The Bertz CT molecular complexity index is 481. The molecule has 1 fully saturated rings. The van der Waals surface area contributed by atoms with Crippen LogP contribution < -0.4 is 4.90 Å². The first-order chi connectivity index (χ1) is 8.02. The standard InChI is InChI=1S/C13H17N3O/c1-5-10-6-13(17)16(8-10)12-7-11(9(2)3)14-15(12)4/h1,7,9-10H,6,8H2,2-4H3. The van der Waals surface area contributed by atoms with Crippen LogP contribution in [0.1, 0.15) is 31.9 Å². The van der Waals surface area contributed by atoms with Gasteiger partial charge in [0.1, 0.15) is 5.82 Å². The largest absolute Gasteiger partial charge is 0.296 e. The molecule has 0 saturated carbocycles. The smallest absolute Gasteiger partial charge is 0.229 e. The van der Waals surface area contributed by atoms with Gasteiger partial charge in [-0.2, -0.15) is 5.10 Å². The average molecular weight is 231 g/mol. The molecule has 1 aliphatic heterocycles. The van der Waals surface area contributed by atoms with E-state index in [4.69, 9.17) is 6.42 Å². The summed E-state index contributed by atoms with van der Waals surface area (Å²) < 4.78 is 1.76. The number of nitrogens with zero attached hydrogens (tertiary/aromatic N) is 3. The van der Waals surface area contributed by atoms with Crippen LogP contribution in [0.5, 0.6) is 0 Å². The molecule has 2 heterocycles. The molecule has 1 amide bonds. The molecule has 0 aromatic carbocycles. The van der Waals surface area contributed by atoms with Crippen molar-refractivity contribution in [2.45, 2.75) is 26.2 Å². The van der Waals surface area contributed by atoms with Crippen molar-refractivity contribution in [1.29, 1.82) is 0 Å². The second-order valence-electron chi connectivity index (χ2n) is 4.78. The van der Waals surface area contributed by atoms with E-state index in [2.05, 4.69) is 24.9 Å². The lowest BCUT2D eigenvalue weighted by Crippen LogP contribution is -2.26. The molecule has 4 heteroatoms. The molecule has 0 bridgehead atoms. The second-order valence-corrected chi connectivity index (χ2v) is 4.78. The number of rotatable bonds is 2. The van der Waals surface area contributed by atoms with Crippen LogP contribution in [0.2, 0.25) is 0 Å². The van der Waals surface area contributed by atoms with Gasteiger partial charge in [-0.15, -0.1) is 12.3 Å². The summed E-state index contributed by atoms with van der Waals surface area (Å²) in [6, 6.07) is 1.97. The molecule has 1 saturated heterocycles. The molecule has 4 nitrogen and oxygen atoms in total. The molecular weight excluding hydrogens is 214 g/mol. The number of amides is 1. The fraction of sp³-hybridized carbons (Fsp3) is 0.538. The molecule has 0 aliphatic carbocycles. The Kier molecular flexibility index (Phi) is 2.93. The minimum absolute atomic E-state index is 0.0277. The van der Waals surface area contributed by atoms with Crippen LogP contribution in [0.15, 0.2) is 6.07 Å². The van der Waals surface area contributed by atoms with Crippen LogP contribution in [0, 0.1) is 18.3 Å². The Morgan fingerprint density at radius 2 is 2.29 bits per heavy atom. The number of terminal acetylenes is 1. The van der Waals surface area contributed by atoms with Crippen molar-refractivity contribution >= 4 is 11.7 Å². The molecule has 2 rings (SSSR count). The van der Waals surface area contributed by atoms with E-state index in [0.29, 0.717) is 18.9 Å². The fourth-order valence-corrected chi connectivity index (χ4v) is 2.05. The Morgan fingerprint density at radius 1 is 1.59 bits per heavy atom. The summed E-state index contributed by atoms with van der Waals surface area (Å²) >= 11 is 0. The summed E-state index contributed by atoms with van der Waals surface area (Å²) in [6.45, 7) is 4.77. The molecule has 17 heavy (non-hydrogen) atoms. The number of anilines is 1. The first kappa shape index (κ1) is 11.7. The lowest BCUT2D eigenvalue weighted by atomic mass is 10.1. The highest BCUT2D eigenvalue weighted by molar-refractivity contribution is 5.95. The van der Waals surface area contributed by atoms with Gasteiger partial charge in [-0.1, -0.05) is 13.8 Å². The van der Waals surface area contributed by atoms with Crippen LogP contribution >= 0.6 is 0 Å². The van der Waals surface area contributed by atoms with Gasteiger partial charge in [0.15, 0.2) is 0 Å². The van der Waals surface area contributed by atoms with Gasteiger partial charge in [0.05, 0.1) is 5.69 Å². The van der Waals surface area contributed by atoms with Gasteiger partial charge in [0.2, 0.25) is 5.91 Å². The number of hydrogen-bond acceptors (Lipinski definition) is 2. The normalized spacial score (nSPS) is 20.1. The van der Waals surface area contributed by atoms with Gasteiger partial charge >= 0.3 is 0 Å². The third-order valence-corrected chi connectivity index (χ3v) is 3.10. The third kappa shape index (κ3) is 2.05.